The van der Waals surface area contributed by atoms with Crippen LogP contribution in [0.25, 0.3) is 0 Å². The summed E-state index contributed by atoms with van der Waals surface area (Å²) in [6, 6.07) is 13.1. The first kappa shape index (κ1) is 15.6. The lowest BCUT2D eigenvalue weighted by Gasteiger charge is -2.22. The van der Waals surface area contributed by atoms with Crippen LogP contribution in [-0.4, -0.2) is 14.2 Å². The average Bonchev–Trinajstić information content (AvgIpc) is 2.47. The highest BCUT2D eigenvalue weighted by Crippen LogP contribution is 2.30. The SMILES string of the molecule is CNC(Cc1c(C)cccc1C)c1cc(C)ccc1OC. The van der Waals surface area contributed by atoms with Crippen molar-refractivity contribution in [2.24, 2.45) is 0 Å². The third-order valence-corrected chi connectivity index (χ3v) is 4.16. The van der Waals surface area contributed by atoms with Crippen molar-refractivity contribution in [3.8, 4) is 5.75 Å². The van der Waals surface area contributed by atoms with Crippen LogP contribution in [0.4, 0.5) is 0 Å². The van der Waals surface area contributed by atoms with Crippen molar-refractivity contribution < 1.29 is 4.74 Å². The van der Waals surface area contributed by atoms with Gasteiger partial charge in [-0.1, -0.05) is 35.9 Å². The zero-order valence-electron chi connectivity index (χ0n) is 13.7. The third-order valence-electron chi connectivity index (χ3n) is 4.16. The van der Waals surface area contributed by atoms with Crippen LogP contribution in [0.15, 0.2) is 36.4 Å². The molecule has 0 radical (unpaired) electrons. The molecule has 0 aliphatic heterocycles. The number of hydrogen-bond acceptors (Lipinski definition) is 2. The van der Waals surface area contributed by atoms with Crippen molar-refractivity contribution >= 4 is 0 Å². The quantitative estimate of drug-likeness (QED) is 0.891. The van der Waals surface area contributed by atoms with Crippen molar-refractivity contribution in [2.75, 3.05) is 14.2 Å². The standard InChI is InChI=1S/C19H25NO/c1-13-9-10-19(21-5)17(11-13)18(20-4)12-16-14(2)7-6-8-15(16)3/h6-11,18,20H,12H2,1-5H3. The van der Waals surface area contributed by atoms with Gasteiger partial charge in [-0.15, -0.1) is 0 Å². The first-order valence-corrected chi connectivity index (χ1v) is 7.43. The third kappa shape index (κ3) is 3.45. The van der Waals surface area contributed by atoms with Crippen LogP contribution in [-0.2, 0) is 6.42 Å². The molecule has 21 heavy (non-hydrogen) atoms. The summed E-state index contributed by atoms with van der Waals surface area (Å²) >= 11 is 0. The fourth-order valence-corrected chi connectivity index (χ4v) is 2.87. The molecule has 0 saturated carbocycles. The Hall–Kier alpha value is -1.80. The van der Waals surface area contributed by atoms with Crippen LogP contribution in [0.2, 0.25) is 0 Å². The lowest BCUT2D eigenvalue weighted by Crippen LogP contribution is -2.20. The summed E-state index contributed by atoms with van der Waals surface area (Å²) < 4.78 is 5.54. The number of ether oxygens (including phenoxy) is 1. The van der Waals surface area contributed by atoms with Gasteiger partial charge in [-0.2, -0.15) is 0 Å². The van der Waals surface area contributed by atoms with E-state index >= 15 is 0 Å². The Bertz CT molecular complexity index is 599. The topological polar surface area (TPSA) is 21.3 Å². The zero-order valence-corrected chi connectivity index (χ0v) is 13.7. The lowest BCUT2D eigenvalue weighted by molar-refractivity contribution is 0.401. The van der Waals surface area contributed by atoms with E-state index in [-0.39, 0.29) is 6.04 Å². The molecule has 1 atom stereocenters. The van der Waals surface area contributed by atoms with Crippen molar-refractivity contribution in [3.05, 3.63) is 64.2 Å². The molecule has 1 unspecified atom stereocenters. The van der Waals surface area contributed by atoms with E-state index < -0.39 is 0 Å². The van der Waals surface area contributed by atoms with Crippen LogP contribution < -0.4 is 10.1 Å². The van der Waals surface area contributed by atoms with Crippen LogP contribution >= 0.6 is 0 Å². The van der Waals surface area contributed by atoms with Gasteiger partial charge >= 0.3 is 0 Å². The van der Waals surface area contributed by atoms with E-state index in [4.69, 9.17) is 4.74 Å². The minimum Gasteiger partial charge on any atom is -0.496 e. The number of benzene rings is 2. The number of methoxy groups -OCH3 is 1. The minimum absolute atomic E-state index is 0.250. The molecule has 0 aliphatic carbocycles. The van der Waals surface area contributed by atoms with Crippen LogP contribution in [0.5, 0.6) is 5.75 Å². The molecule has 1 N–H and O–H groups in total. The van der Waals surface area contributed by atoms with Gasteiger partial charge in [0.1, 0.15) is 5.75 Å². The summed E-state index contributed by atoms with van der Waals surface area (Å²) in [6.45, 7) is 6.49. The van der Waals surface area contributed by atoms with Gasteiger partial charge in [-0.25, -0.2) is 0 Å². The molecule has 112 valence electrons. The van der Waals surface area contributed by atoms with E-state index in [2.05, 4.69) is 62.5 Å². The Balaban J connectivity index is 2.39. The van der Waals surface area contributed by atoms with Gasteiger partial charge in [0.2, 0.25) is 0 Å². The maximum absolute atomic E-state index is 5.54. The van der Waals surface area contributed by atoms with Gasteiger partial charge < -0.3 is 10.1 Å². The van der Waals surface area contributed by atoms with Crippen LogP contribution in [0.1, 0.15) is 33.9 Å². The predicted molar refractivity (Wildman–Crippen MR) is 89.2 cm³/mol. The molecule has 0 saturated heterocycles. The van der Waals surface area contributed by atoms with Gasteiger partial charge in [-0.3, -0.25) is 0 Å². The molecule has 2 heteroatoms. The normalized spacial score (nSPS) is 12.2. The first-order chi connectivity index (χ1) is 10.1. The van der Waals surface area contributed by atoms with E-state index in [1.165, 1.54) is 27.8 Å². The summed E-state index contributed by atoms with van der Waals surface area (Å²) in [5.41, 5.74) is 6.60. The van der Waals surface area contributed by atoms with Crippen molar-refractivity contribution in [2.45, 2.75) is 33.2 Å². The second kappa shape index (κ2) is 6.77. The Morgan fingerprint density at radius 3 is 2.29 bits per heavy atom. The molecule has 0 bridgehead atoms. The highest BCUT2D eigenvalue weighted by molar-refractivity contribution is 5.42. The summed E-state index contributed by atoms with van der Waals surface area (Å²) in [7, 11) is 3.75. The summed E-state index contributed by atoms with van der Waals surface area (Å²) in [4.78, 5) is 0. The summed E-state index contributed by atoms with van der Waals surface area (Å²) in [5, 5.41) is 3.44. The predicted octanol–water partition coefficient (Wildman–Crippen LogP) is 4.12. The molecule has 2 aromatic rings. The van der Waals surface area contributed by atoms with Gasteiger partial charge in [0.25, 0.3) is 0 Å². The molecule has 0 amide bonds. The van der Waals surface area contributed by atoms with Crippen molar-refractivity contribution in [1.29, 1.82) is 0 Å². The zero-order chi connectivity index (χ0) is 15.4. The minimum atomic E-state index is 0.250. The van der Waals surface area contributed by atoms with Crippen LogP contribution in [0.3, 0.4) is 0 Å². The fraction of sp³-hybridized carbons (Fsp3) is 0.368. The van der Waals surface area contributed by atoms with Gasteiger partial charge in [0.05, 0.1) is 7.11 Å². The molecule has 0 spiro atoms. The molecule has 0 heterocycles. The summed E-state index contributed by atoms with van der Waals surface area (Å²) in [5.74, 6) is 0.950. The summed E-state index contributed by atoms with van der Waals surface area (Å²) in [6.07, 6.45) is 0.967. The van der Waals surface area contributed by atoms with Crippen molar-refractivity contribution in [3.63, 3.8) is 0 Å². The largest absolute Gasteiger partial charge is 0.496 e. The Morgan fingerprint density at radius 1 is 1.05 bits per heavy atom. The van der Waals surface area contributed by atoms with Crippen molar-refractivity contribution in [1.82, 2.24) is 5.32 Å². The van der Waals surface area contributed by atoms with Gasteiger partial charge in [0.15, 0.2) is 0 Å². The maximum atomic E-state index is 5.54. The first-order valence-electron chi connectivity index (χ1n) is 7.43. The Kier molecular flexibility index (Phi) is 5.03. The van der Waals surface area contributed by atoms with Crippen LogP contribution in [0, 0.1) is 20.8 Å². The number of aryl methyl sites for hydroxylation is 3. The number of hydrogen-bond donors (Lipinski definition) is 1. The molecular weight excluding hydrogens is 258 g/mol. The van der Waals surface area contributed by atoms with E-state index in [0.29, 0.717) is 0 Å². The van der Waals surface area contributed by atoms with E-state index in [1.807, 2.05) is 7.05 Å². The average molecular weight is 283 g/mol. The second-order valence-corrected chi connectivity index (χ2v) is 5.66. The molecule has 0 fully saturated rings. The fourth-order valence-electron chi connectivity index (χ4n) is 2.87. The molecule has 0 aromatic heterocycles. The van der Waals surface area contributed by atoms with Gasteiger partial charge in [-0.05, 0) is 57.0 Å². The maximum Gasteiger partial charge on any atom is 0.123 e. The molecule has 2 rings (SSSR count). The number of nitrogens with one attached hydrogen (secondary N) is 1. The number of rotatable bonds is 5. The van der Waals surface area contributed by atoms with E-state index in [0.717, 1.165) is 12.2 Å². The Labute approximate surface area is 128 Å². The molecule has 2 nitrogen and oxygen atoms in total. The lowest BCUT2D eigenvalue weighted by atomic mass is 9.92. The number of likely N-dealkylation sites (N-methyl/N-ethyl adjacent to an activating group) is 1. The highest BCUT2D eigenvalue weighted by Gasteiger charge is 2.17. The van der Waals surface area contributed by atoms with E-state index in [9.17, 15) is 0 Å². The Morgan fingerprint density at radius 2 is 1.71 bits per heavy atom. The van der Waals surface area contributed by atoms with E-state index in [1.54, 1.807) is 7.11 Å². The molecular formula is C19H25NO. The monoisotopic (exact) mass is 283 g/mol. The van der Waals surface area contributed by atoms with Gasteiger partial charge in [0, 0.05) is 11.6 Å². The molecule has 2 aromatic carbocycles. The highest BCUT2D eigenvalue weighted by atomic mass is 16.5. The second-order valence-electron chi connectivity index (χ2n) is 5.66. The smallest absolute Gasteiger partial charge is 0.123 e. The molecule has 0 aliphatic rings.